The molecule has 1 fully saturated rings. The number of aliphatic hydroxyl groups excluding tert-OH is 2. The third-order valence-electron chi connectivity index (χ3n) is 6.08. The van der Waals surface area contributed by atoms with Crippen LogP contribution in [0.2, 0.25) is 5.02 Å². The van der Waals surface area contributed by atoms with E-state index in [2.05, 4.69) is 5.32 Å². The summed E-state index contributed by atoms with van der Waals surface area (Å²) in [5, 5.41) is 23.3. The van der Waals surface area contributed by atoms with Gasteiger partial charge in [0.15, 0.2) is 0 Å². The van der Waals surface area contributed by atoms with Crippen LogP contribution in [-0.2, 0) is 4.79 Å². The van der Waals surface area contributed by atoms with Crippen LogP contribution in [0.25, 0.3) is 22.5 Å². The zero-order valence-corrected chi connectivity index (χ0v) is 17.5. The number of rotatable bonds is 3. The second-order valence-corrected chi connectivity index (χ2v) is 8.53. The van der Waals surface area contributed by atoms with Gasteiger partial charge in [-0.3, -0.25) is 4.79 Å². The molecular formula is C25H18ClF2NO3. The lowest BCUT2D eigenvalue weighted by Gasteiger charge is -2.31. The summed E-state index contributed by atoms with van der Waals surface area (Å²) in [6, 6.07) is 13.8. The van der Waals surface area contributed by atoms with Gasteiger partial charge in [-0.2, -0.15) is 0 Å². The number of carbonyl (C=O) groups is 1. The molecule has 1 aliphatic carbocycles. The standard InChI is InChI=1S/C25H18ClF2NO3/c26-20-11-22-19(10-18(20)13-3-1-12(2-4-13)14-7-16(30)8-14)23(25(32)29-22)24(31)17-6-5-15(27)9-21(17)28/h1-6,9-11,14,16,30-31H,7-8H2,(H,29,32)/b24-23-. The number of halogens is 3. The fraction of sp³-hybridized carbons (Fsp3) is 0.160. The van der Waals surface area contributed by atoms with Crippen molar-refractivity contribution in [1.29, 1.82) is 0 Å². The molecule has 7 heteroatoms. The molecule has 162 valence electrons. The molecule has 32 heavy (non-hydrogen) atoms. The summed E-state index contributed by atoms with van der Waals surface area (Å²) in [4.78, 5) is 12.6. The Labute approximate surface area is 187 Å². The third-order valence-corrected chi connectivity index (χ3v) is 6.39. The Kier molecular flexibility index (Phi) is 4.99. The Bertz CT molecular complexity index is 1280. The van der Waals surface area contributed by atoms with Gasteiger partial charge in [0.25, 0.3) is 5.91 Å². The van der Waals surface area contributed by atoms with Crippen LogP contribution in [0.3, 0.4) is 0 Å². The van der Waals surface area contributed by atoms with Gasteiger partial charge in [0, 0.05) is 17.2 Å². The van der Waals surface area contributed by atoms with E-state index in [9.17, 15) is 23.8 Å². The molecule has 3 N–H and O–H groups in total. The molecule has 0 unspecified atom stereocenters. The summed E-state index contributed by atoms with van der Waals surface area (Å²) in [5.74, 6) is -2.59. The summed E-state index contributed by atoms with van der Waals surface area (Å²) in [6.45, 7) is 0. The van der Waals surface area contributed by atoms with Gasteiger partial charge in [-0.05, 0) is 54.2 Å². The first kappa shape index (κ1) is 20.7. The number of carbonyl (C=O) groups excluding carboxylic acids is 1. The van der Waals surface area contributed by atoms with Crippen LogP contribution in [0.15, 0.2) is 54.6 Å². The molecule has 1 heterocycles. The van der Waals surface area contributed by atoms with E-state index in [1.807, 2.05) is 24.3 Å². The molecule has 0 spiro atoms. The molecule has 0 aromatic heterocycles. The minimum atomic E-state index is -0.970. The monoisotopic (exact) mass is 453 g/mol. The van der Waals surface area contributed by atoms with E-state index in [4.69, 9.17) is 11.6 Å². The fourth-order valence-electron chi connectivity index (χ4n) is 4.26. The van der Waals surface area contributed by atoms with Crippen molar-refractivity contribution in [2.45, 2.75) is 24.9 Å². The van der Waals surface area contributed by atoms with Gasteiger partial charge >= 0.3 is 0 Å². The lowest BCUT2D eigenvalue weighted by atomic mass is 9.77. The van der Waals surface area contributed by atoms with Gasteiger partial charge in [0.2, 0.25) is 0 Å². The number of benzene rings is 3. The average Bonchev–Trinajstić information content (AvgIpc) is 3.05. The summed E-state index contributed by atoms with van der Waals surface area (Å²) in [5.41, 5.74) is 2.99. The fourth-order valence-corrected chi connectivity index (χ4v) is 4.53. The Morgan fingerprint density at radius 1 is 1.00 bits per heavy atom. The van der Waals surface area contributed by atoms with Crippen LogP contribution in [0.5, 0.6) is 0 Å². The van der Waals surface area contributed by atoms with Gasteiger partial charge in [-0.25, -0.2) is 8.78 Å². The van der Waals surface area contributed by atoms with Gasteiger partial charge < -0.3 is 15.5 Å². The molecule has 0 bridgehead atoms. The van der Waals surface area contributed by atoms with Crippen LogP contribution in [0.1, 0.15) is 35.4 Å². The van der Waals surface area contributed by atoms with Crippen molar-refractivity contribution in [2.75, 3.05) is 5.32 Å². The van der Waals surface area contributed by atoms with Gasteiger partial charge in [0.05, 0.1) is 28.0 Å². The highest BCUT2D eigenvalue weighted by molar-refractivity contribution is 6.38. The van der Waals surface area contributed by atoms with Crippen molar-refractivity contribution in [1.82, 2.24) is 0 Å². The van der Waals surface area contributed by atoms with E-state index in [0.717, 1.165) is 36.1 Å². The molecule has 0 atom stereocenters. The Morgan fingerprint density at radius 2 is 1.72 bits per heavy atom. The number of aliphatic hydroxyl groups is 2. The average molecular weight is 454 g/mol. The van der Waals surface area contributed by atoms with Gasteiger partial charge in [-0.1, -0.05) is 35.9 Å². The topological polar surface area (TPSA) is 69.6 Å². The Hall–Kier alpha value is -3.22. The highest BCUT2D eigenvalue weighted by atomic mass is 35.5. The van der Waals surface area contributed by atoms with E-state index in [1.165, 1.54) is 0 Å². The maximum absolute atomic E-state index is 14.2. The summed E-state index contributed by atoms with van der Waals surface area (Å²) in [7, 11) is 0. The highest BCUT2D eigenvalue weighted by Crippen LogP contribution is 2.43. The lowest BCUT2D eigenvalue weighted by molar-refractivity contribution is -0.110. The molecule has 2 aliphatic rings. The number of hydrogen-bond donors (Lipinski definition) is 3. The van der Waals surface area contributed by atoms with Crippen LogP contribution in [-0.4, -0.2) is 22.2 Å². The largest absolute Gasteiger partial charge is 0.506 e. The summed E-state index contributed by atoms with van der Waals surface area (Å²) in [6.07, 6.45) is 1.26. The first-order valence-electron chi connectivity index (χ1n) is 10.1. The van der Waals surface area contributed by atoms with E-state index >= 15 is 0 Å². The molecule has 0 saturated heterocycles. The zero-order valence-electron chi connectivity index (χ0n) is 16.7. The highest BCUT2D eigenvalue weighted by Gasteiger charge is 2.31. The zero-order chi connectivity index (χ0) is 22.6. The van der Waals surface area contributed by atoms with Crippen molar-refractivity contribution in [3.8, 4) is 11.1 Å². The van der Waals surface area contributed by atoms with Crippen LogP contribution in [0, 0.1) is 11.6 Å². The molecular weight excluding hydrogens is 436 g/mol. The minimum Gasteiger partial charge on any atom is -0.506 e. The number of nitrogens with one attached hydrogen (secondary N) is 1. The molecule has 1 amide bonds. The second-order valence-electron chi connectivity index (χ2n) is 8.12. The van der Waals surface area contributed by atoms with Crippen LogP contribution in [0.4, 0.5) is 14.5 Å². The molecule has 3 aromatic carbocycles. The Balaban J connectivity index is 1.57. The van der Waals surface area contributed by atoms with Gasteiger partial charge in [-0.15, -0.1) is 0 Å². The SMILES string of the molecule is O=C1Nc2cc(Cl)c(-c3ccc(C4CC(O)C4)cc3)cc2/C1=C(/O)c1ccc(F)cc1F. The smallest absolute Gasteiger partial charge is 0.260 e. The third kappa shape index (κ3) is 3.45. The number of hydrogen-bond acceptors (Lipinski definition) is 3. The van der Waals surface area contributed by atoms with Crippen LogP contribution < -0.4 is 5.32 Å². The van der Waals surface area contributed by atoms with Crippen molar-refractivity contribution < 1.29 is 23.8 Å². The summed E-state index contributed by atoms with van der Waals surface area (Å²) >= 11 is 6.47. The number of fused-ring (bicyclic) bond motifs is 1. The molecule has 5 rings (SSSR count). The predicted molar refractivity (Wildman–Crippen MR) is 119 cm³/mol. The second kappa shape index (κ2) is 7.73. The number of amides is 1. The van der Waals surface area contributed by atoms with Crippen molar-refractivity contribution in [3.63, 3.8) is 0 Å². The maximum Gasteiger partial charge on any atom is 0.260 e. The predicted octanol–water partition coefficient (Wildman–Crippen LogP) is 5.90. The lowest BCUT2D eigenvalue weighted by Crippen LogP contribution is -2.26. The molecule has 0 radical (unpaired) electrons. The normalized spacial score (nSPS) is 21.1. The molecule has 4 nitrogen and oxygen atoms in total. The maximum atomic E-state index is 14.2. The van der Waals surface area contributed by atoms with E-state index in [0.29, 0.717) is 33.8 Å². The quantitative estimate of drug-likeness (QED) is 0.341. The number of anilines is 1. The van der Waals surface area contributed by atoms with Crippen molar-refractivity contribution >= 4 is 34.5 Å². The van der Waals surface area contributed by atoms with Crippen molar-refractivity contribution in [2.24, 2.45) is 0 Å². The van der Waals surface area contributed by atoms with Crippen molar-refractivity contribution in [3.05, 3.63) is 87.9 Å². The molecule has 3 aromatic rings. The van der Waals surface area contributed by atoms with Crippen LogP contribution >= 0.6 is 11.6 Å². The Morgan fingerprint density at radius 3 is 2.38 bits per heavy atom. The molecule has 1 saturated carbocycles. The van der Waals surface area contributed by atoms with E-state index in [-0.39, 0.29) is 17.2 Å². The van der Waals surface area contributed by atoms with Gasteiger partial charge in [0.1, 0.15) is 17.4 Å². The first-order valence-corrected chi connectivity index (χ1v) is 10.5. The first-order chi connectivity index (χ1) is 15.3. The molecule has 1 aliphatic heterocycles. The minimum absolute atomic E-state index is 0.108. The van der Waals surface area contributed by atoms with E-state index < -0.39 is 23.3 Å². The van der Waals surface area contributed by atoms with E-state index in [1.54, 1.807) is 12.1 Å². The summed E-state index contributed by atoms with van der Waals surface area (Å²) < 4.78 is 27.5.